The predicted molar refractivity (Wildman–Crippen MR) is 151 cm³/mol. The quantitative estimate of drug-likeness (QED) is 0.138. The molecule has 1 heterocycles. The van der Waals surface area contributed by atoms with Crippen LogP contribution in [0.3, 0.4) is 0 Å². The molecule has 3 aromatic rings. The summed E-state index contributed by atoms with van der Waals surface area (Å²) in [7, 11) is -3.67. The molecule has 0 atom stereocenters. The Hall–Kier alpha value is -4.07. The van der Waals surface area contributed by atoms with Crippen LogP contribution < -0.4 is 16.4 Å². The van der Waals surface area contributed by atoms with Crippen LogP contribution in [0.5, 0.6) is 0 Å². The van der Waals surface area contributed by atoms with E-state index < -0.39 is 22.0 Å². The maximum atomic E-state index is 12.9. The van der Waals surface area contributed by atoms with Crippen LogP contribution in [-0.2, 0) is 10.1 Å². The number of carboxylic acid groups (broad SMARTS) is 1. The third-order valence-electron chi connectivity index (χ3n) is 4.91. The zero-order valence-corrected chi connectivity index (χ0v) is 23.4. The van der Waals surface area contributed by atoms with Gasteiger partial charge in [-0.05, 0) is 58.8 Å². The highest BCUT2D eigenvalue weighted by atomic mass is 32.2. The van der Waals surface area contributed by atoms with Gasteiger partial charge in [0.1, 0.15) is 10.7 Å². The van der Waals surface area contributed by atoms with Crippen LogP contribution in [0, 0.1) is 10.8 Å². The van der Waals surface area contributed by atoms with Crippen LogP contribution in [0.25, 0.3) is 11.1 Å². The second-order valence-electron chi connectivity index (χ2n) is 9.65. The third kappa shape index (κ3) is 9.96. The first-order valence-corrected chi connectivity index (χ1v) is 14.1. The van der Waals surface area contributed by atoms with Crippen LogP contribution in [-0.4, -0.2) is 54.5 Å². The van der Waals surface area contributed by atoms with Crippen molar-refractivity contribution in [3.8, 4) is 11.1 Å². The van der Waals surface area contributed by atoms with Crippen molar-refractivity contribution in [1.82, 2.24) is 5.32 Å². The maximum Gasteiger partial charge on any atom is 0.336 e. The molecule has 39 heavy (non-hydrogen) atoms. The molecular weight excluding hydrogens is 544 g/mol. The highest BCUT2D eigenvalue weighted by molar-refractivity contribution is 7.85. The summed E-state index contributed by atoms with van der Waals surface area (Å²) in [6, 6.07) is 12.6. The Labute approximate surface area is 230 Å². The molecule has 2 aromatic carbocycles. The minimum absolute atomic E-state index is 0.0679. The molecule has 0 aliphatic heterocycles. The summed E-state index contributed by atoms with van der Waals surface area (Å²) in [5.74, 6) is -2.03. The van der Waals surface area contributed by atoms with E-state index in [1.54, 1.807) is 47.8 Å². The third-order valence-corrected chi connectivity index (χ3v) is 5.82. The molecule has 0 bridgehead atoms. The van der Waals surface area contributed by atoms with E-state index in [4.69, 9.17) is 15.7 Å². The summed E-state index contributed by atoms with van der Waals surface area (Å²) in [6.07, 6.45) is 0.715. The number of hydrogen-bond donors (Lipinski definition) is 6. The van der Waals surface area contributed by atoms with Crippen molar-refractivity contribution < 1.29 is 32.5 Å². The van der Waals surface area contributed by atoms with Crippen molar-refractivity contribution in [2.45, 2.75) is 20.8 Å². The van der Waals surface area contributed by atoms with Crippen LogP contribution in [0.1, 0.15) is 56.7 Å². The normalized spacial score (nSPS) is 11.1. The van der Waals surface area contributed by atoms with Crippen molar-refractivity contribution in [2.75, 3.05) is 18.1 Å². The molecule has 0 spiro atoms. The molecule has 0 aliphatic rings. The number of thiophene rings is 1. The van der Waals surface area contributed by atoms with Gasteiger partial charge in [-0.1, -0.05) is 26.8 Å². The van der Waals surface area contributed by atoms with E-state index >= 15 is 0 Å². The summed E-state index contributed by atoms with van der Waals surface area (Å²) >= 11 is 1.18. The molecule has 13 heteroatoms. The molecule has 0 fully saturated rings. The minimum atomic E-state index is -3.67. The molecule has 1 aromatic heterocycles. The Balaban J connectivity index is 0.000000976. The van der Waals surface area contributed by atoms with E-state index in [1.807, 2.05) is 20.8 Å². The lowest BCUT2D eigenvalue weighted by Crippen LogP contribution is -2.32. The molecule has 2 amide bonds. The van der Waals surface area contributed by atoms with Crippen LogP contribution in [0.2, 0.25) is 0 Å². The molecule has 208 valence electrons. The molecule has 0 saturated carbocycles. The van der Waals surface area contributed by atoms with Crippen molar-refractivity contribution in [2.24, 2.45) is 11.1 Å². The van der Waals surface area contributed by atoms with Gasteiger partial charge >= 0.3 is 5.97 Å². The van der Waals surface area contributed by atoms with Crippen LogP contribution in [0.4, 0.5) is 5.69 Å². The summed E-state index contributed by atoms with van der Waals surface area (Å²) < 4.78 is 25.9. The first-order valence-electron chi connectivity index (χ1n) is 11.4. The number of hydrogen-bond acceptors (Lipinski definition) is 7. The zero-order chi connectivity index (χ0) is 29.5. The van der Waals surface area contributed by atoms with Gasteiger partial charge in [0.15, 0.2) is 0 Å². The van der Waals surface area contributed by atoms with E-state index in [2.05, 4.69) is 10.6 Å². The smallest absolute Gasteiger partial charge is 0.336 e. The highest BCUT2D eigenvalue weighted by Crippen LogP contribution is 2.32. The van der Waals surface area contributed by atoms with Gasteiger partial charge in [0.2, 0.25) is 0 Å². The predicted octanol–water partition coefficient (Wildman–Crippen LogP) is 3.93. The highest BCUT2D eigenvalue weighted by Gasteiger charge is 2.22. The average Bonchev–Trinajstić information content (AvgIpc) is 3.31. The number of amidine groups is 1. The Morgan fingerprint density at radius 2 is 1.54 bits per heavy atom. The van der Waals surface area contributed by atoms with Gasteiger partial charge in [-0.3, -0.25) is 19.6 Å². The van der Waals surface area contributed by atoms with E-state index in [1.165, 1.54) is 17.4 Å². The second-order valence-corrected chi connectivity index (χ2v) is 12.0. The van der Waals surface area contributed by atoms with Gasteiger partial charge in [-0.15, -0.1) is 11.3 Å². The van der Waals surface area contributed by atoms with E-state index in [9.17, 15) is 27.9 Å². The number of nitrogen functional groups attached to an aromatic ring is 1. The molecule has 0 saturated heterocycles. The molecule has 0 unspecified atom stereocenters. The summed E-state index contributed by atoms with van der Waals surface area (Å²) in [4.78, 5) is 37.8. The van der Waals surface area contributed by atoms with E-state index in [-0.39, 0.29) is 28.3 Å². The standard InChI is InChI=1S/C25H26N4O4S.CH4O3S/c1-25(2,3)13-28-22(30)15-6-9-17(19(12-15)24(32)33)18-10-11-34-20(18)23(31)29-16-7-4-14(5-8-16)21(26)27;1-5(2,3)4/h4-12H,13H2,1-3H3,(H3,26,27)(H,28,30)(H,29,31)(H,32,33);1H3,(H,2,3,4). The van der Waals surface area contributed by atoms with Crippen molar-refractivity contribution in [1.29, 1.82) is 5.41 Å². The molecule has 0 aliphatic carbocycles. The van der Waals surface area contributed by atoms with Gasteiger partial charge in [0.25, 0.3) is 21.9 Å². The number of anilines is 1. The molecule has 0 radical (unpaired) electrons. The SMILES string of the molecule is CC(C)(C)CNC(=O)c1ccc(-c2ccsc2C(=O)Nc2ccc(C(=N)N)cc2)c(C(=O)O)c1.CS(=O)(=O)O. The van der Waals surface area contributed by atoms with E-state index in [0.29, 0.717) is 40.1 Å². The fraction of sp³-hybridized carbons (Fsp3) is 0.231. The molecular formula is C26H30N4O7S2. The number of nitrogens with one attached hydrogen (secondary N) is 3. The Bertz CT molecular complexity index is 1480. The summed E-state index contributed by atoms with van der Waals surface area (Å²) in [6.45, 7) is 6.40. The largest absolute Gasteiger partial charge is 0.478 e. The van der Waals surface area contributed by atoms with Gasteiger partial charge in [0.05, 0.1) is 11.8 Å². The first-order chi connectivity index (χ1) is 18.0. The summed E-state index contributed by atoms with van der Waals surface area (Å²) in [5, 5.41) is 24.6. The lowest BCUT2D eigenvalue weighted by molar-refractivity contribution is 0.0697. The fourth-order valence-corrected chi connectivity index (χ4v) is 3.97. The van der Waals surface area contributed by atoms with Crippen molar-refractivity contribution in [3.63, 3.8) is 0 Å². The van der Waals surface area contributed by atoms with Gasteiger partial charge in [0, 0.05) is 28.9 Å². The molecule has 11 nitrogen and oxygen atoms in total. The maximum absolute atomic E-state index is 12.9. The number of benzene rings is 2. The number of carbonyl (C=O) groups is 3. The lowest BCUT2D eigenvalue weighted by atomic mass is 9.95. The molecule has 3 rings (SSSR count). The Morgan fingerprint density at radius 3 is 2.05 bits per heavy atom. The number of amides is 2. The van der Waals surface area contributed by atoms with Crippen molar-refractivity contribution in [3.05, 3.63) is 75.5 Å². The lowest BCUT2D eigenvalue weighted by Gasteiger charge is -2.19. The van der Waals surface area contributed by atoms with Crippen LogP contribution in [0.15, 0.2) is 53.9 Å². The minimum Gasteiger partial charge on any atom is -0.478 e. The average molecular weight is 575 g/mol. The number of aromatic carboxylic acids is 1. The second kappa shape index (κ2) is 12.7. The number of nitrogens with two attached hydrogens (primary N) is 1. The van der Waals surface area contributed by atoms with Gasteiger partial charge in [-0.2, -0.15) is 8.42 Å². The fourth-order valence-electron chi connectivity index (χ4n) is 3.16. The summed E-state index contributed by atoms with van der Waals surface area (Å²) in [5.41, 5.74) is 7.36. The van der Waals surface area contributed by atoms with Gasteiger partial charge < -0.3 is 21.5 Å². The topological polar surface area (TPSA) is 200 Å². The van der Waals surface area contributed by atoms with Crippen molar-refractivity contribution >= 4 is 50.8 Å². The van der Waals surface area contributed by atoms with Crippen LogP contribution >= 0.6 is 11.3 Å². The Kier molecular flexibility index (Phi) is 10.1. The molecule has 7 N–H and O–H groups in total. The van der Waals surface area contributed by atoms with Gasteiger partial charge in [-0.25, -0.2) is 4.79 Å². The Morgan fingerprint density at radius 1 is 0.974 bits per heavy atom. The number of carbonyl (C=O) groups excluding carboxylic acids is 2. The number of carboxylic acids is 1. The first kappa shape index (κ1) is 31.1. The van der Waals surface area contributed by atoms with E-state index in [0.717, 1.165) is 0 Å². The monoisotopic (exact) mass is 574 g/mol. The zero-order valence-electron chi connectivity index (χ0n) is 21.7. The number of rotatable bonds is 7.